The summed E-state index contributed by atoms with van der Waals surface area (Å²) in [6.07, 6.45) is 4.23. The van der Waals surface area contributed by atoms with Crippen molar-refractivity contribution in [2.75, 3.05) is 19.7 Å². The summed E-state index contributed by atoms with van der Waals surface area (Å²) in [5.41, 5.74) is 1.37. The first-order valence-corrected chi connectivity index (χ1v) is 9.64. The lowest BCUT2D eigenvalue weighted by molar-refractivity contribution is -0.121. The zero-order valence-electron chi connectivity index (χ0n) is 16.3. The van der Waals surface area contributed by atoms with Crippen molar-refractivity contribution in [2.45, 2.75) is 52.6 Å². The van der Waals surface area contributed by atoms with Gasteiger partial charge in [0.1, 0.15) is 17.1 Å². The summed E-state index contributed by atoms with van der Waals surface area (Å²) in [6, 6.07) is 5.45. The van der Waals surface area contributed by atoms with Gasteiger partial charge in [0.2, 0.25) is 11.7 Å². The van der Waals surface area contributed by atoms with Crippen molar-refractivity contribution in [1.29, 1.82) is 0 Å². The van der Waals surface area contributed by atoms with Crippen LogP contribution < -0.4 is 14.8 Å². The zero-order chi connectivity index (χ0) is 19.4. The topological polar surface area (TPSA) is 67.9 Å². The quantitative estimate of drug-likeness (QED) is 0.613. The first-order valence-electron chi connectivity index (χ1n) is 9.64. The smallest absolute Gasteiger partial charge is 0.235 e. The third kappa shape index (κ3) is 4.50. The highest BCUT2D eigenvalue weighted by molar-refractivity contribution is 6.14. The van der Waals surface area contributed by atoms with Crippen LogP contribution in [0.4, 0.5) is 0 Å². The van der Waals surface area contributed by atoms with E-state index < -0.39 is 0 Å². The SMILES string of the molecule is CC(=O)NC1CCCCN1CCCOc1cccc2c1C(=O)C(=C(C)C)O2. The molecule has 0 spiro atoms. The molecule has 1 aromatic carbocycles. The minimum atomic E-state index is -0.109. The second kappa shape index (κ2) is 8.57. The lowest BCUT2D eigenvalue weighted by Crippen LogP contribution is -2.50. The van der Waals surface area contributed by atoms with Crippen LogP contribution in [0.5, 0.6) is 11.5 Å². The monoisotopic (exact) mass is 372 g/mol. The Bertz CT molecular complexity index is 753. The molecular weight excluding hydrogens is 344 g/mol. The Hall–Kier alpha value is -2.34. The summed E-state index contributed by atoms with van der Waals surface area (Å²) < 4.78 is 11.6. The molecule has 1 saturated heterocycles. The third-order valence-corrected chi connectivity index (χ3v) is 4.92. The van der Waals surface area contributed by atoms with Gasteiger partial charge >= 0.3 is 0 Å². The van der Waals surface area contributed by atoms with Crippen LogP contribution in [0, 0.1) is 0 Å². The molecule has 0 saturated carbocycles. The summed E-state index contributed by atoms with van der Waals surface area (Å²) in [4.78, 5) is 26.3. The number of carbonyl (C=O) groups is 2. The minimum absolute atomic E-state index is 0.0107. The van der Waals surface area contributed by atoms with Crippen LogP contribution in [0.3, 0.4) is 0 Å². The predicted octanol–water partition coefficient (Wildman–Crippen LogP) is 3.27. The van der Waals surface area contributed by atoms with E-state index in [0.717, 1.165) is 44.3 Å². The van der Waals surface area contributed by atoms with Crippen LogP contribution in [0.2, 0.25) is 0 Å². The summed E-state index contributed by atoms with van der Waals surface area (Å²) in [5.74, 6) is 1.44. The molecule has 1 amide bonds. The van der Waals surface area contributed by atoms with Gasteiger partial charge in [-0.15, -0.1) is 0 Å². The van der Waals surface area contributed by atoms with Gasteiger partial charge in [0.15, 0.2) is 5.76 Å². The van der Waals surface area contributed by atoms with Crippen LogP contribution in [0.25, 0.3) is 0 Å². The van der Waals surface area contributed by atoms with E-state index in [1.54, 1.807) is 13.0 Å². The lowest BCUT2D eigenvalue weighted by atomic mass is 10.1. The lowest BCUT2D eigenvalue weighted by Gasteiger charge is -2.35. The maximum absolute atomic E-state index is 12.6. The average Bonchev–Trinajstić information content (AvgIpc) is 2.97. The highest BCUT2D eigenvalue weighted by atomic mass is 16.5. The molecule has 1 unspecified atom stereocenters. The van der Waals surface area contributed by atoms with E-state index in [4.69, 9.17) is 9.47 Å². The second-order valence-electron chi connectivity index (χ2n) is 7.34. The van der Waals surface area contributed by atoms with Gasteiger partial charge in [0.05, 0.1) is 12.8 Å². The number of ketones is 1. The van der Waals surface area contributed by atoms with Gasteiger partial charge in [-0.25, -0.2) is 0 Å². The van der Waals surface area contributed by atoms with Crippen molar-refractivity contribution in [3.8, 4) is 11.5 Å². The standard InChI is InChI=1S/C21H28N2O4/c1-14(2)21-20(25)19-16(8-6-9-17(19)27-21)26-13-7-12-23-11-5-4-10-18(23)22-15(3)24/h6,8-9,18H,4-5,7,10-13H2,1-3H3,(H,22,24). The number of nitrogens with zero attached hydrogens (tertiary/aromatic N) is 1. The van der Waals surface area contributed by atoms with Crippen molar-refractivity contribution in [3.63, 3.8) is 0 Å². The summed E-state index contributed by atoms with van der Waals surface area (Å²) in [5, 5.41) is 3.03. The summed E-state index contributed by atoms with van der Waals surface area (Å²) >= 11 is 0. The number of carbonyl (C=O) groups excluding carboxylic acids is 2. The number of hydrogen-bond donors (Lipinski definition) is 1. The largest absolute Gasteiger partial charge is 0.493 e. The van der Waals surface area contributed by atoms with E-state index in [-0.39, 0.29) is 17.9 Å². The van der Waals surface area contributed by atoms with Crippen LogP contribution in [-0.4, -0.2) is 42.5 Å². The van der Waals surface area contributed by atoms with Gasteiger partial charge in [-0.3, -0.25) is 14.5 Å². The summed E-state index contributed by atoms with van der Waals surface area (Å²) in [6.45, 7) is 7.64. The molecule has 2 aliphatic rings. The van der Waals surface area contributed by atoms with E-state index in [9.17, 15) is 9.59 Å². The molecule has 1 N–H and O–H groups in total. The van der Waals surface area contributed by atoms with Crippen molar-refractivity contribution >= 4 is 11.7 Å². The molecule has 6 heteroatoms. The van der Waals surface area contributed by atoms with Gasteiger partial charge in [-0.1, -0.05) is 6.07 Å². The molecule has 2 heterocycles. The third-order valence-electron chi connectivity index (χ3n) is 4.92. The molecule has 0 radical (unpaired) electrons. The Labute approximate surface area is 160 Å². The molecule has 0 aromatic heterocycles. The molecule has 1 aromatic rings. The Balaban J connectivity index is 1.56. The fourth-order valence-corrected chi connectivity index (χ4v) is 3.65. The Morgan fingerprint density at radius 1 is 1.30 bits per heavy atom. The summed E-state index contributed by atoms with van der Waals surface area (Å²) in [7, 11) is 0. The minimum Gasteiger partial charge on any atom is -0.493 e. The molecule has 3 rings (SSSR count). The number of hydrogen-bond acceptors (Lipinski definition) is 5. The highest BCUT2D eigenvalue weighted by Gasteiger charge is 2.31. The van der Waals surface area contributed by atoms with Crippen molar-refractivity contribution in [3.05, 3.63) is 35.1 Å². The fourth-order valence-electron chi connectivity index (χ4n) is 3.65. The highest BCUT2D eigenvalue weighted by Crippen LogP contribution is 2.38. The van der Waals surface area contributed by atoms with E-state index in [2.05, 4.69) is 10.2 Å². The predicted molar refractivity (Wildman–Crippen MR) is 103 cm³/mol. The van der Waals surface area contributed by atoms with Gasteiger partial charge in [-0.2, -0.15) is 0 Å². The molecule has 0 bridgehead atoms. The van der Waals surface area contributed by atoms with Crippen LogP contribution in [0.15, 0.2) is 29.5 Å². The normalized spacial score (nSPS) is 19.4. The van der Waals surface area contributed by atoms with Crippen LogP contribution in [-0.2, 0) is 4.79 Å². The van der Waals surface area contributed by atoms with Gasteiger partial charge in [-0.05, 0) is 57.2 Å². The number of piperidine rings is 1. The number of fused-ring (bicyclic) bond motifs is 1. The van der Waals surface area contributed by atoms with Gasteiger partial charge in [0, 0.05) is 20.0 Å². The van der Waals surface area contributed by atoms with Gasteiger partial charge in [0.25, 0.3) is 0 Å². The van der Waals surface area contributed by atoms with Gasteiger partial charge < -0.3 is 14.8 Å². The number of nitrogens with one attached hydrogen (secondary N) is 1. The first kappa shape index (κ1) is 19.4. The van der Waals surface area contributed by atoms with Crippen LogP contribution in [0.1, 0.15) is 56.8 Å². The van der Waals surface area contributed by atoms with E-state index in [0.29, 0.717) is 29.4 Å². The number of amides is 1. The number of Topliss-reactive ketones (excluding diaryl/α,β-unsaturated/α-hetero) is 1. The number of likely N-dealkylation sites (tertiary alicyclic amines) is 1. The maximum Gasteiger partial charge on any atom is 0.235 e. The average molecular weight is 372 g/mol. The fraction of sp³-hybridized carbons (Fsp3) is 0.524. The maximum atomic E-state index is 12.6. The van der Waals surface area contributed by atoms with Crippen LogP contribution >= 0.6 is 0 Å². The van der Waals surface area contributed by atoms with E-state index >= 15 is 0 Å². The molecule has 0 aliphatic carbocycles. The molecule has 27 heavy (non-hydrogen) atoms. The molecule has 6 nitrogen and oxygen atoms in total. The number of ether oxygens (including phenoxy) is 2. The van der Waals surface area contributed by atoms with E-state index in [1.165, 1.54) is 0 Å². The van der Waals surface area contributed by atoms with Crippen molar-refractivity contribution in [1.82, 2.24) is 10.2 Å². The Morgan fingerprint density at radius 3 is 2.85 bits per heavy atom. The second-order valence-corrected chi connectivity index (χ2v) is 7.34. The molecule has 1 fully saturated rings. The Morgan fingerprint density at radius 2 is 2.11 bits per heavy atom. The molecule has 146 valence electrons. The van der Waals surface area contributed by atoms with Crippen molar-refractivity contribution < 1.29 is 19.1 Å². The van der Waals surface area contributed by atoms with E-state index in [1.807, 2.05) is 26.0 Å². The number of rotatable bonds is 6. The molecule has 2 aliphatic heterocycles. The Kier molecular flexibility index (Phi) is 6.16. The molecule has 1 atom stereocenters. The van der Waals surface area contributed by atoms with Crippen molar-refractivity contribution in [2.24, 2.45) is 0 Å². The number of allylic oxidation sites excluding steroid dienone is 2. The zero-order valence-corrected chi connectivity index (χ0v) is 16.3. The molecular formula is C21H28N2O4. The number of benzene rings is 1. The first-order chi connectivity index (χ1) is 13.0.